The van der Waals surface area contributed by atoms with Crippen molar-refractivity contribution in [3.8, 4) is 11.1 Å². The van der Waals surface area contributed by atoms with Gasteiger partial charge in [0, 0.05) is 37.7 Å². The highest BCUT2D eigenvalue weighted by Gasteiger charge is 2.34. The fourth-order valence-corrected chi connectivity index (χ4v) is 4.92. The lowest BCUT2D eigenvalue weighted by molar-refractivity contribution is -0.117. The molecule has 3 heterocycles. The molecule has 1 fully saturated rings. The lowest BCUT2D eigenvalue weighted by Gasteiger charge is -2.41. The number of nitrogens with zero attached hydrogens (tertiary/aromatic N) is 6. The number of rotatable bonds is 3. The molecule has 0 spiro atoms. The number of amides is 1. The minimum atomic E-state index is -0.290. The van der Waals surface area contributed by atoms with Crippen LogP contribution < -0.4 is 9.80 Å². The van der Waals surface area contributed by atoms with Crippen LogP contribution in [0.5, 0.6) is 0 Å². The normalized spacial score (nSPS) is 18.1. The monoisotopic (exact) mass is 444 g/mol. The van der Waals surface area contributed by atoms with E-state index < -0.39 is 0 Å². The van der Waals surface area contributed by atoms with Crippen LogP contribution in [0.15, 0.2) is 48.8 Å². The molecule has 6 rings (SSSR count). The van der Waals surface area contributed by atoms with Crippen molar-refractivity contribution in [1.29, 1.82) is 0 Å². The van der Waals surface area contributed by atoms with Gasteiger partial charge in [0.25, 0.3) is 0 Å². The Hall–Kier alpha value is -3.68. The Morgan fingerprint density at radius 2 is 1.91 bits per heavy atom. The molecular formula is C25H25FN6O. The summed E-state index contributed by atoms with van der Waals surface area (Å²) < 4.78 is 17.7. The number of carbonyl (C=O) groups excluding carboxylic acids is 1. The first kappa shape index (κ1) is 20.0. The molecule has 0 bridgehead atoms. The quantitative estimate of drug-likeness (QED) is 0.455. The zero-order valence-electron chi connectivity index (χ0n) is 18.9. The smallest absolute Gasteiger partial charge is 0.224 e. The zero-order chi connectivity index (χ0) is 22.9. The van der Waals surface area contributed by atoms with Crippen molar-refractivity contribution >= 4 is 34.0 Å². The number of aryl methyl sites for hydroxylation is 1. The SMILES string of the molecule is CC(=O)N1c2ccc(-c3cnn(C4CC4)c3)cc2N(c2nn(C)c3cc(F)ccc23)C[C@@H]1C. The van der Waals surface area contributed by atoms with Gasteiger partial charge in [0.1, 0.15) is 5.82 Å². The number of anilines is 3. The molecule has 1 aliphatic heterocycles. The molecule has 1 saturated carbocycles. The number of halogens is 1. The Morgan fingerprint density at radius 3 is 2.67 bits per heavy atom. The number of hydrogen-bond donors (Lipinski definition) is 0. The lowest BCUT2D eigenvalue weighted by atomic mass is 10.0. The van der Waals surface area contributed by atoms with E-state index in [-0.39, 0.29) is 17.8 Å². The van der Waals surface area contributed by atoms with Crippen molar-refractivity contribution in [3.05, 3.63) is 54.6 Å². The number of hydrogen-bond acceptors (Lipinski definition) is 4. The van der Waals surface area contributed by atoms with Crippen molar-refractivity contribution in [3.63, 3.8) is 0 Å². The van der Waals surface area contributed by atoms with Crippen LogP contribution in [0.1, 0.15) is 32.7 Å². The van der Waals surface area contributed by atoms with Gasteiger partial charge < -0.3 is 9.80 Å². The summed E-state index contributed by atoms with van der Waals surface area (Å²) in [5.41, 5.74) is 4.57. The van der Waals surface area contributed by atoms with Gasteiger partial charge in [-0.2, -0.15) is 10.2 Å². The van der Waals surface area contributed by atoms with E-state index in [0.29, 0.717) is 12.6 Å². The highest BCUT2D eigenvalue weighted by atomic mass is 19.1. The molecule has 1 atom stereocenters. The minimum Gasteiger partial charge on any atom is -0.320 e. The zero-order valence-corrected chi connectivity index (χ0v) is 18.9. The van der Waals surface area contributed by atoms with Gasteiger partial charge in [0.05, 0.1) is 35.2 Å². The molecule has 0 radical (unpaired) electrons. The van der Waals surface area contributed by atoms with Crippen molar-refractivity contribution < 1.29 is 9.18 Å². The van der Waals surface area contributed by atoms with E-state index in [1.807, 2.05) is 41.9 Å². The van der Waals surface area contributed by atoms with E-state index in [9.17, 15) is 9.18 Å². The fourth-order valence-electron chi connectivity index (χ4n) is 4.92. The largest absolute Gasteiger partial charge is 0.320 e. The average Bonchev–Trinajstić information content (AvgIpc) is 3.43. The van der Waals surface area contributed by atoms with E-state index in [1.54, 1.807) is 17.7 Å². The highest BCUT2D eigenvalue weighted by Crippen LogP contribution is 2.44. The Labute approximate surface area is 191 Å². The third-order valence-corrected chi connectivity index (χ3v) is 6.66. The lowest BCUT2D eigenvalue weighted by Crippen LogP contribution is -2.48. The van der Waals surface area contributed by atoms with Crippen molar-refractivity contribution in [2.75, 3.05) is 16.3 Å². The average molecular weight is 445 g/mol. The molecule has 33 heavy (non-hydrogen) atoms. The Bertz CT molecular complexity index is 1400. The summed E-state index contributed by atoms with van der Waals surface area (Å²) in [4.78, 5) is 16.5. The first-order chi connectivity index (χ1) is 15.9. The summed E-state index contributed by atoms with van der Waals surface area (Å²) in [6.07, 6.45) is 6.35. The van der Waals surface area contributed by atoms with Gasteiger partial charge in [-0.15, -0.1) is 0 Å². The van der Waals surface area contributed by atoms with Crippen LogP contribution in [-0.4, -0.2) is 38.1 Å². The number of fused-ring (bicyclic) bond motifs is 2. The topological polar surface area (TPSA) is 59.2 Å². The van der Waals surface area contributed by atoms with Crippen LogP contribution in [0.4, 0.5) is 21.6 Å². The van der Waals surface area contributed by atoms with Crippen LogP contribution >= 0.6 is 0 Å². The summed E-state index contributed by atoms with van der Waals surface area (Å²) in [5.74, 6) is 0.474. The van der Waals surface area contributed by atoms with Gasteiger partial charge in [-0.3, -0.25) is 14.2 Å². The third-order valence-electron chi connectivity index (χ3n) is 6.66. The second kappa shape index (κ2) is 7.16. The second-order valence-electron chi connectivity index (χ2n) is 9.10. The minimum absolute atomic E-state index is 0.00523. The second-order valence-corrected chi connectivity index (χ2v) is 9.10. The molecule has 1 amide bonds. The first-order valence-electron chi connectivity index (χ1n) is 11.3. The Morgan fingerprint density at radius 1 is 1.09 bits per heavy atom. The number of carbonyl (C=O) groups is 1. The molecule has 0 N–H and O–H groups in total. The Balaban J connectivity index is 1.52. The van der Waals surface area contributed by atoms with Crippen LogP contribution in [0, 0.1) is 5.82 Å². The van der Waals surface area contributed by atoms with E-state index in [4.69, 9.17) is 5.10 Å². The number of aromatic nitrogens is 4. The molecular weight excluding hydrogens is 419 g/mol. The molecule has 7 nitrogen and oxygen atoms in total. The van der Waals surface area contributed by atoms with Crippen molar-refractivity contribution in [2.45, 2.75) is 38.8 Å². The fraction of sp³-hybridized carbons (Fsp3) is 0.320. The molecule has 2 aliphatic rings. The van der Waals surface area contributed by atoms with Crippen LogP contribution in [0.25, 0.3) is 22.0 Å². The van der Waals surface area contributed by atoms with Gasteiger partial charge in [-0.05, 0) is 55.7 Å². The van der Waals surface area contributed by atoms with Gasteiger partial charge in [0.15, 0.2) is 5.82 Å². The van der Waals surface area contributed by atoms with Crippen LogP contribution in [-0.2, 0) is 11.8 Å². The molecule has 2 aromatic heterocycles. The summed E-state index contributed by atoms with van der Waals surface area (Å²) in [5, 5.41) is 10.2. The van der Waals surface area contributed by atoms with Crippen molar-refractivity contribution in [2.24, 2.45) is 7.05 Å². The summed E-state index contributed by atoms with van der Waals surface area (Å²) in [7, 11) is 1.82. The Kier molecular flexibility index (Phi) is 4.33. The summed E-state index contributed by atoms with van der Waals surface area (Å²) >= 11 is 0. The molecule has 1 aliphatic carbocycles. The predicted octanol–water partition coefficient (Wildman–Crippen LogP) is 4.80. The van der Waals surface area contributed by atoms with E-state index >= 15 is 0 Å². The molecule has 0 saturated heterocycles. The maximum absolute atomic E-state index is 13.9. The molecule has 168 valence electrons. The highest BCUT2D eigenvalue weighted by molar-refractivity contribution is 6.01. The molecule has 8 heteroatoms. The third kappa shape index (κ3) is 3.20. The van der Waals surface area contributed by atoms with Crippen LogP contribution in [0.3, 0.4) is 0 Å². The van der Waals surface area contributed by atoms with Crippen molar-refractivity contribution in [1.82, 2.24) is 19.6 Å². The molecule has 4 aromatic rings. The van der Waals surface area contributed by atoms with Gasteiger partial charge in [-0.25, -0.2) is 4.39 Å². The standard InChI is InChI=1S/C25H25FN6O/c1-15-13-30(25-21-8-5-19(26)11-23(21)29(3)28-25)24-10-17(4-9-22(24)32(15)16(2)33)18-12-27-31(14-18)20-6-7-20/h4-5,8-12,14-15,20H,6-7,13H2,1-3H3/t15-/m0/s1. The maximum atomic E-state index is 13.9. The van der Waals surface area contributed by atoms with E-state index in [1.165, 1.54) is 25.0 Å². The summed E-state index contributed by atoms with van der Waals surface area (Å²) in [6, 6.07) is 11.4. The van der Waals surface area contributed by atoms with E-state index in [2.05, 4.69) is 22.3 Å². The molecule has 0 unspecified atom stereocenters. The van der Waals surface area contributed by atoms with Gasteiger partial charge >= 0.3 is 0 Å². The van der Waals surface area contributed by atoms with Crippen LogP contribution in [0.2, 0.25) is 0 Å². The first-order valence-corrected chi connectivity index (χ1v) is 11.3. The number of benzene rings is 2. The van der Waals surface area contributed by atoms with Gasteiger partial charge in [-0.1, -0.05) is 6.07 Å². The maximum Gasteiger partial charge on any atom is 0.224 e. The predicted molar refractivity (Wildman–Crippen MR) is 126 cm³/mol. The molecule has 2 aromatic carbocycles. The van der Waals surface area contributed by atoms with Gasteiger partial charge in [0.2, 0.25) is 5.91 Å². The summed E-state index contributed by atoms with van der Waals surface area (Å²) in [6.45, 7) is 4.22. The van der Waals surface area contributed by atoms with E-state index in [0.717, 1.165) is 39.2 Å².